The molecule has 1 aromatic carbocycles. The Hall–Kier alpha value is 0.773. The number of hydrogen-bond donors (Lipinski definition) is 0. The van der Waals surface area contributed by atoms with Crippen LogP contribution in [0.15, 0.2) is 54.1 Å². The van der Waals surface area contributed by atoms with E-state index in [9.17, 15) is 0 Å². The fourth-order valence-electron chi connectivity index (χ4n) is 3.72. The van der Waals surface area contributed by atoms with E-state index in [2.05, 4.69) is 66.8 Å². The van der Waals surface area contributed by atoms with Crippen molar-refractivity contribution in [2.45, 2.75) is 20.3 Å². The van der Waals surface area contributed by atoms with Gasteiger partial charge < -0.3 is 24.8 Å². The van der Waals surface area contributed by atoms with Gasteiger partial charge in [0.05, 0.1) is 0 Å². The summed E-state index contributed by atoms with van der Waals surface area (Å²) in [6.45, 7) is 6.87. The van der Waals surface area contributed by atoms with Gasteiger partial charge in [0.1, 0.15) is 0 Å². The molecule has 0 fully saturated rings. The molecule has 1 unspecified atom stereocenters. The molecule has 0 radical (unpaired) electrons. The zero-order chi connectivity index (χ0) is 16.3. The van der Waals surface area contributed by atoms with Crippen molar-refractivity contribution < 1.29 is 44.5 Å². The average Bonchev–Trinajstić information content (AvgIpc) is 3.14. The van der Waals surface area contributed by atoms with Crippen molar-refractivity contribution in [1.29, 1.82) is 0 Å². The first-order valence-corrected chi connectivity index (χ1v) is 16.5. The van der Waals surface area contributed by atoms with Gasteiger partial charge in [0.15, 0.2) is 0 Å². The molecule has 130 valence electrons. The fourth-order valence-corrected chi connectivity index (χ4v) is 15.7. The smallest absolute Gasteiger partial charge is 1.00 e. The van der Waals surface area contributed by atoms with Crippen molar-refractivity contribution in [2.75, 3.05) is 12.8 Å². The number of hydrogen-bond acceptors (Lipinski definition) is 1. The third-order valence-corrected chi connectivity index (χ3v) is 15.7. The van der Waals surface area contributed by atoms with E-state index in [0.29, 0.717) is 0 Å². The molecule has 0 spiro atoms. The maximum Gasteiger partial charge on any atom is -1.00 e. The standard InChI is InChI=1S/C10H8Br.C9H10P.2ClH.S.Zr/c1-7-5-8-3-2-4-10(11)9(8)6-7;1-7-5-8-3-4-10(2)9(8)6-7;;;;/h2,4-5H,6H2,1H3;5-6H,4H2,1-2H3;2*1H;;/q;;;;;+2/p-2. The van der Waals surface area contributed by atoms with E-state index in [1.807, 2.05) is 0 Å². The molecule has 1 atom stereocenters. The van der Waals surface area contributed by atoms with Gasteiger partial charge >= 0.3 is 160 Å². The van der Waals surface area contributed by atoms with E-state index >= 15 is 0 Å². The van der Waals surface area contributed by atoms with Gasteiger partial charge in [0.25, 0.3) is 0 Å². The quantitative estimate of drug-likeness (QED) is 0.467. The van der Waals surface area contributed by atoms with Gasteiger partial charge in [-0.2, -0.15) is 0 Å². The molecule has 0 nitrogen and oxygen atoms in total. The molecule has 0 aromatic heterocycles. The number of benzene rings is 1. The summed E-state index contributed by atoms with van der Waals surface area (Å²) >= 11 is 1.55. The van der Waals surface area contributed by atoms with Crippen LogP contribution >= 0.6 is 32.7 Å². The largest absolute Gasteiger partial charge is 1.00 e. The van der Waals surface area contributed by atoms with Crippen LogP contribution in [-0.4, -0.2) is 12.8 Å². The summed E-state index contributed by atoms with van der Waals surface area (Å²) in [5.41, 5.74) is 7.31. The van der Waals surface area contributed by atoms with Crippen molar-refractivity contribution in [3.05, 3.63) is 65.2 Å². The molecule has 0 saturated heterocycles. The summed E-state index contributed by atoms with van der Waals surface area (Å²) < 4.78 is 4.43. The summed E-state index contributed by atoms with van der Waals surface area (Å²) in [5.74, 6) is 0. The van der Waals surface area contributed by atoms with Crippen LogP contribution < -0.4 is 28.1 Å². The van der Waals surface area contributed by atoms with Crippen molar-refractivity contribution in [3.8, 4) is 0 Å². The van der Waals surface area contributed by atoms with E-state index in [4.69, 9.17) is 8.86 Å². The first-order chi connectivity index (χ1) is 11.0. The number of fused-ring (bicyclic) bond motifs is 2. The van der Waals surface area contributed by atoms with E-state index in [1.165, 1.54) is 41.8 Å². The van der Waals surface area contributed by atoms with Crippen LogP contribution in [0.4, 0.5) is 0 Å². The number of rotatable bonds is 2. The predicted octanol–water partition coefficient (Wildman–Crippen LogP) is -0.00430. The Kier molecular flexibility index (Phi) is 7.43. The Labute approximate surface area is 183 Å². The molecule has 0 N–H and O–H groups in total. The van der Waals surface area contributed by atoms with Gasteiger partial charge in [-0.25, -0.2) is 0 Å². The molecule has 25 heavy (non-hydrogen) atoms. The Morgan fingerprint density at radius 3 is 2.56 bits per heavy atom. The van der Waals surface area contributed by atoms with E-state index in [1.54, 1.807) is 8.60 Å². The summed E-state index contributed by atoms with van der Waals surface area (Å²) in [6.07, 6.45) is 9.50. The normalized spacial score (nSPS) is 19.8. The molecule has 2 aliphatic carbocycles. The van der Waals surface area contributed by atoms with Gasteiger partial charge in [-0.3, -0.25) is 0 Å². The Morgan fingerprint density at radius 2 is 1.84 bits per heavy atom. The molecule has 0 amide bonds. The summed E-state index contributed by atoms with van der Waals surface area (Å²) in [6, 6.07) is 4.55. The second-order valence-corrected chi connectivity index (χ2v) is 16.5. The first-order valence-electron chi connectivity index (χ1n) is 7.83. The van der Waals surface area contributed by atoms with Crippen molar-refractivity contribution in [1.82, 2.24) is 0 Å². The minimum absolute atomic E-state index is 0. The monoisotopic (exact) mass is 548 g/mol. The Balaban J connectivity index is 0.00000113. The maximum absolute atomic E-state index is 6.25. The molecule has 6 heteroatoms. The topological polar surface area (TPSA) is 0 Å². The molecule has 1 heterocycles. The number of allylic oxidation sites excluding steroid dienone is 7. The second kappa shape index (κ2) is 8.42. The predicted molar refractivity (Wildman–Crippen MR) is 105 cm³/mol. The van der Waals surface area contributed by atoms with Gasteiger partial charge in [-0.1, -0.05) is 0 Å². The Bertz CT molecular complexity index is 899. The Morgan fingerprint density at radius 1 is 1.12 bits per heavy atom. The minimum Gasteiger partial charge on any atom is -1.00 e. The molecule has 0 saturated carbocycles. The molecule has 1 aromatic rings. The molecular weight excluding hydrogens is 533 g/mol. The number of halogens is 3. The third kappa shape index (κ3) is 3.85. The van der Waals surface area contributed by atoms with Crippen molar-refractivity contribution in [3.63, 3.8) is 0 Å². The molecule has 4 rings (SSSR count). The third-order valence-electron chi connectivity index (χ3n) is 4.81. The molecule has 3 aliphatic rings. The van der Waals surface area contributed by atoms with Crippen LogP contribution in [0.25, 0.3) is 6.08 Å². The maximum atomic E-state index is 6.25. The van der Waals surface area contributed by atoms with E-state index in [-0.39, 0.29) is 32.7 Å². The fraction of sp³-hybridized carbons (Fsp3) is 0.263. The van der Waals surface area contributed by atoms with Gasteiger partial charge in [0, 0.05) is 0 Å². The SMILES string of the molecule is CC1=CC2=[C]([Zr+2](=[S])[c]3ccc(Br)c4c3C=C(C)C4)CP(C)C2=C1.[Cl-].[Cl-]. The average molecular weight is 551 g/mol. The van der Waals surface area contributed by atoms with Crippen LogP contribution in [0.2, 0.25) is 0 Å². The second-order valence-electron chi connectivity index (χ2n) is 6.65. The van der Waals surface area contributed by atoms with Crippen LogP contribution in [0.3, 0.4) is 0 Å². The van der Waals surface area contributed by atoms with Crippen molar-refractivity contribution >= 4 is 42.1 Å². The van der Waals surface area contributed by atoms with E-state index < -0.39 is 19.7 Å². The zero-order valence-electron chi connectivity index (χ0n) is 14.3. The van der Waals surface area contributed by atoms with Gasteiger partial charge in [-0.15, -0.1) is 0 Å². The van der Waals surface area contributed by atoms with Crippen molar-refractivity contribution in [2.24, 2.45) is 0 Å². The van der Waals surface area contributed by atoms with Gasteiger partial charge in [-0.05, 0) is 0 Å². The summed E-state index contributed by atoms with van der Waals surface area (Å²) in [7, 11) is 6.23. The summed E-state index contributed by atoms with van der Waals surface area (Å²) in [5, 5.41) is 1.61. The van der Waals surface area contributed by atoms with Gasteiger partial charge in [0.2, 0.25) is 0 Å². The molecule has 0 bridgehead atoms. The van der Waals surface area contributed by atoms with Crippen LogP contribution in [0, 0.1) is 0 Å². The molecule has 1 aliphatic heterocycles. The summed E-state index contributed by atoms with van der Waals surface area (Å²) in [4.78, 5) is 0. The van der Waals surface area contributed by atoms with Crippen LogP contribution in [0.1, 0.15) is 25.0 Å². The zero-order valence-corrected chi connectivity index (χ0v) is 21.6. The molecular formula is C19H18BrCl2PSZr. The first kappa shape index (κ1) is 22.1. The van der Waals surface area contributed by atoms with E-state index in [0.717, 1.165) is 6.42 Å². The minimum atomic E-state index is -2.19. The van der Waals surface area contributed by atoms with Crippen LogP contribution in [-0.2, 0) is 26.1 Å². The van der Waals surface area contributed by atoms with Crippen LogP contribution in [0.5, 0.6) is 0 Å².